The van der Waals surface area contributed by atoms with Gasteiger partial charge in [-0.3, -0.25) is 4.79 Å². The lowest BCUT2D eigenvalue weighted by molar-refractivity contribution is -0.120. The average molecular weight is 321 g/mol. The zero-order valence-corrected chi connectivity index (χ0v) is 13.9. The third kappa shape index (κ3) is 4.03. The second kappa shape index (κ2) is 7.79. The van der Waals surface area contributed by atoms with E-state index in [4.69, 9.17) is 0 Å². The highest BCUT2D eigenvalue weighted by atomic mass is 16.1. The Labute approximate surface area is 142 Å². The fraction of sp³-hybridized carbons (Fsp3) is 0.250. The van der Waals surface area contributed by atoms with Crippen LogP contribution < -0.4 is 10.6 Å². The van der Waals surface area contributed by atoms with Gasteiger partial charge in [-0.05, 0) is 42.6 Å². The molecule has 124 valence electrons. The summed E-state index contributed by atoms with van der Waals surface area (Å²) < 4.78 is 0. The molecule has 0 spiro atoms. The molecule has 3 N–H and O–H groups in total. The predicted molar refractivity (Wildman–Crippen MR) is 97.9 cm³/mol. The van der Waals surface area contributed by atoms with Crippen molar-refractivity contribution in [3.05, 3.63) is 71.4 Å². The first-order valence-electron chi connectivity index (χ1n) is 8.31. The topological polar surface area (TPSA) is 56.9 Å². The van der Waals surface area contributed by atoms with Crippen molar-refractivity contribution in [1.29, 1.82) is 0 Å². The Morgan fingerprint density at radius 1 is 1.04 bits per heavy atom. The summed E-state index contributed by atoms with van der Waals surface area (Å²) in [5.74, 6) is 0.0252. The van der Waals surface area contributed by atoms with E-state index in [1.807, 2.05) is 36.5 Å². The predicted octanol–water partition coefficient (Wildman–Crippen LogP) is 2.92. The standard InChI is InChI=1S/C20H23N3O/c1-15-6-2-3-7-16(15)12-23-20(24)14-21-11-10-17-13-22-19-9-5-4-8-18(17)19/h2-9,13,21-22H,10-12,14H2,1H3,(H,23,24). The summed E-state index contributed by atoms with van der Waals surface area (Å²) in [6.45, 7) is 3.75. The zero-order valence-electron chi connectivity index (χ0n) is 13.9. The van der Waals surface area contributed by atoms with Gasteiger partial charge in [-0.15, -0.1) is 0 Å². The van der Waals surface area contributed by atoms with Crippen LogP contribution in [0, 0.1) is 6.92 Å². The van der Waals surface area contributed by atoms with Crippen molar-refractivity contribution < 1.29 is 4.79 Å². The van der Waals surface area contributed by atoms with Crippen molar-refractivity contribution in [2.45, 2.75) is 19.9 Å². The van der Waals surface area contributed by atoms with Crippen molar-refractivity contribution in [3.8, 4) is 0 Å². The Morgan fingerprint density at radius 3 is 2.71 bits per heavy atom. The Morgan fingerprint density at radius 2 is 1.83 bits per heavy atom. The maximum Gasteiger partial charge on any atom is 0.234 e. The van der Waals surface area contributed by atoms with Crippen LogP contribution in [0.2, 0.25) is 0 Å². The minimum atomic E-state index is 0.0252. The molecule has 0 saturated heterocycles. The third-order valence-electron chi connectivity index (χ3n) is 4.27. The highest BCUT2D eigenvalue weighted by Crippen LogP contribution is 2.17. The number of carbonyl (C=O) groups is 1. The molecule has 24 heavy (non-hydrogen) atoms. The number of nitrogens with one attached hydrogen (secondary N) is 3. The monoisotopic (exact) mass is 321 g/mol. The second-order valence-corrected chi connectivity index (χ2v) is 5.99. The molecule has 0 aliphatic carbocycles. The molecule has 1 aromatic heterocycles. The molecule has 3 rings (SSSR count). The number of carbonyl (C=O) groups excluding carboxylic acids is 1. The fourth-order valence-corrected chi connectivity index (χ4v) is 2.83. The van der Waals surface area contributed by atoms with Crippen LogP contribution in [0.1, 0.15) is 16.7 Å². The minimum absolute atomic E-state index is 0.0252. The van der Waals surface area contributed by atoms with E-state index < -0.39 is 0 Å². The Hall–Kier alpha value is -2.59. The molecule has 0 aliphatic rings. The van der Waals surface area contributed by atoms with Gasteiger partial charge in [-0.2, -0.15) is 0 Å². The summed E-state index contributed by atoms with van der Waals surface area (Å²) in [5.41, 5.74) is 4.79. The molecule has 0 bridgehead atoms. The highest BCUT2D eigenvalue weighted by molar-refractivity contribution is 5.83. The molecule has 3 aromatic rings. The molecule has 0 fully saturated rings. The van der Waals surface area contributed by atoms with Gasteiger partial charge in [0.25, 0.3) is 0 Å². The molecule has 4 nitrogen and oxygen atoms in total. The van der Waals surface area contributed by atoms with Crippen LogP contribution >= 0.6 is 0 Å². The van der Waals surface area contributed by atoms with E-state index in [1.165, 1.54) is 16.5 Å². The summed E-state index contributed by atoms with van der Waals surface area (Å²) >= 11 is 0. The van der Waals surface area contributed by atoms with Gasteiger partial charge in [0, 0.05) is 23.6 Å². The number of fused-ring (bicyclic) bond motifs is 1. The molecular formula is C20H23N3O. The van der Waals surface area contributed by atoms with Gasteiger partial charge in [-0.1, -0.05) is 42.5 Å². The van der Waals surface area contributed by atoms with Crippen molar-refractivity contribution in [2.75, 3.05) is 13.1 Å². The number of H-pyrrole nitrogens is 1. The van der Waals surface area contributed by atoms with Crippen LogP contribution in [0.15, 0.2) is 54.7 Å². The number of aromatic nitrogens is 1. The molecule has 0 radical (unpaired) electrons. The molecule has 0 unspecified atom stereocenters. The van der Waals surface area contributed by atoms with Crippen LogP contribution in [-0.2, 0) is 17.8 Å². The Balaban J connectivity index is 1.40. The summed E-state index contributed by atoms with van der Waals surface area (Å²) in [5, 5.41) is 7.42. The molecular weight excluding hydrogens is 298 g/mol. The first-order valence-corrected chi connectivity index (χ1v) is 8.31. The van der Waals surface area contributed by atoms with Gasteiger partial charge in [0.1, 0.15) is 0 Å². The van der Waals surface area contributed by atoms with E-state index in [2.05, 4.69) is 40.7 Å². The molecule has 1 heterocycles. The largest absolute Gasteiger partial charge is 0.361 e. The highest BCUT2D eigenvalue weighted by Gasteiger charge is 2.04. The van der Waals surface area contributed by atoms with Gasteiger partial charge in [0.15, 0.2) is 0 Å². The quantitative estimate of drug-likeness (QED) is 0.586. The van der Waals surface area contributed by atoms with Gasteiger partial charge in [0.2, 0.25) is 5.91 Å². The van der Waals surface area contributed by atoms with Gasteiger partial charge in [-0.25, -0.2) is 0 Å². The summed E-state index contributed by atoms with van der Waals surface area (Å²) in [4.78, 5) is 15.2. The molecule has 0 aliphatic heterocycles. The van der Waals surface area contributed by atoms with Crippen molar-refractivity contribution >= 4 is 16.8 Å². The molecule has 2 aromatic carbocycles. The lowest BCUT2D eigenvalue weighted by Gasteiger charge is -2.08. The van der Waals surface area contributed by atoms with Crippen LogP contribution in [0.25, 0.3) is 10.9 Å². The van der Waals surface area contributed by atoms with Gasteiger partial charge < -0.3 is 15.6 Å². The first-order chi connectivity index (χ1) is 11.7. The first kappa shape index (κ1) is 16.3. The van der Waals surface area contributed by atoms with Gasteiger partial charge >= 0.3 is 0 Å². The number of hydrogen-bond acceptors (Lipinski definition) is 2. The molecule has 1 amide bonds. The molecule has 4 heteroatoms. The van der Waals surface area contributed by atoms with Crippen molar-refractivity contribution in [1.82, 2.24) is 15.6 Å². The number of aromatic amines is 1. The van der Waals surface area contributed by atoms with E-state index in [1.54, 1.807) is 0 Å². The van der Waals surface area contributed by atoms with E-state index in [9.17, 15) is 4.79 Å². The van der Waals surface area contributed by atoms with Crippen molar-refractivity contribution in [2.24, 2.45) is 0 Å². The zero-order chi connectivity index (χ0) is 16.8. The minimum Gasteiger partial charge on any atom is -0.361 e. The summed E-state index contributed by atoms with van der Waals surface area (Å²) in [6, 6.07) is 16.4. The third-order valence-corrected chi connectivity index (χ3v) is 4.27. The van der Waals surface area contributed by atoms with Crippen LogP contribution in [0.3, 0.4) is 0 Å². The molecule has 0 atom stereocenters. The second-order valence-electron chi connectivity index (χ2n) is 5.99. The maximum absolute atomic E-state index is 11.9. The van der Waals surface area contributed by atoms with E-state index >= 15 is 0 Å². The number of benzene rings is 2. The lowest BCUT2D eigenvalue weighted by Crippen LogP contribution is -2.34. The SMILES string of the molecule is Cc1ccccc1CNC(=O)CNCCc1c[nH]c2ccccc12. The number of aryl methyl sites for hydroxylation is 1. The summed E-state index contributed by atoms with van der Waals surface area (Å²) in [7, 11) is 0. The van der Waals surface area contributed by atoms with Crippen molar-refractivity contribution in [3.63, 3.8) is 0 Å². The number of para-hydroxylation sites is 1. The lowest BCUT2D eigenvalue weighted by atomic mass is 10.1. The fourth-order valence-electron chi connectivity index (χ4n) is 2.83. The smallest absolute Gasteiger partial charge is 0.234 e. The average Bonchev–Trinajstić information content (AvgIpc) is 3.01. The maximum atomic E-state index is 11.9. The number of rotatable bonds is 7. The van der Waals surface area contributed by atoms with Crippen LogP contribution in [-0.4, -0.2) is 24.0 Å². The van der Waals surface area contributed by atoms with E-state index in [0.717, 1.165) is 24.0 Å². The number of hydrogen-bond donors (Lipinski definition) is 3. The molecule has 0 saturated carbocycles. The summed E-state index contributed by atoms with van der Waals surface area (Å²) in [6.07, 6.45) is 2.94. The van der Waals surface area contributed by atoms with Crippen LogP contribution in [0.5, 0.6) is 0 Å². The normalized spacial score (nSPS) is 10.9. The Kier molecular flexibility index (Phi) is 5.29. The van der Waals surface area contributed by atoms with E-state index in [-0.39, 0.29) is 5.91 Å². The van der Waals surface area contributed by atoms with Crippen LogP contribution in [0.4, 0.5) is 0 Å². The van der Waals surface area contributed by atoms with Gasteiger partial charge in [0.05, 0.1) is 6.54 Å². The van der Waals surface area contributed by atoms with E-state index in [0.29, 0.717) is 13.1 Å². The number of amides is 1. The Bertz CT molecular complexity index is 822.